The second-order valence-electron chi connectivity index (χ2n) is 7.35. The molecule has 1 fully saturated rings. The number of alkyl halides is 3. The van der Waals surface area contributed by atoms with E-state index < -0.39 is 17.6 Å². The highest BCUT2D eigenvalue weighted by Crippen LogP contribution is 2.29. The molecule has 11 heteroatoms. The lowest BCUT2D eigenvalue weighted by molar-refractivity contribution is -0.137. The molecule has 2 aromatic carbocycles. The van der Waals surface area contributed by atoms with Crippen LogP contribution in [0.3, 0.4) is 0 Å². The van der Waals surface area contributed by atoms with Gasteiger partial charge in [-0.25, -0.2) is 0 Å². The third kappa shape index (κ3) is 4.72. The highest BCUT2D eigenvalue weighted by atomic mass is 19.4. The van der Waals surface area contributed by atoms with Crippen molar-refractivity contribution in [1.29, 1.82) is 0 Å². The van der Waals surface area contributed by atoms with Crippen LogP contribution in [0, 0.1) is 0 Å². The maximum atomic E-state index is 12.9. The van der Waals surface area contributed by atoms with Gasteiger partial charge >= 0.3 is 6.18 Å². The fourth-order valence-corrected chi connectivity index (χ4v) is 3.55. The summed E-state index contributed by atoms with van der Waals surface area (Å²) in [6.07, 6.45) is -4.48. The molecule has 0 N–H and O–H groups in total. The molecule has 4 rings (SSSR count). The number of carbonyl (C=O) groups excluding carboxylic acids is 1. The molecular formula is C21H21F3N6O2. The Morgan fingerprint density at radius 1 is 1.06 bits per heavy atom. The fraction of sp³-hybridized carbons (Fsp3) is 0.333. The molecule has 0 radical (unpaired) electrons. The van der Waals surface area contributed by atoms with Gasteiger partial charge < -0.3 is 9.64 Å². The second-order valence-corrected chi connectivity index (χ2v) is 7.35. The van der Waals surface area contributed by atoms with Crippen LogP contribution in [0.4, 0.5) is 13.2 Å². The zero-order chi connectivity index (χ0) is 22.7. The Bertz CT molecular complexity index is 1080. The summed E-state index contributed by atoms with van der Waals surface area (Å²) in [5.41, 5.74) is 0.00763. The Kier molecular flexibility index (Phi) is 6.08. The van der Waals surface area contributed by atoms with Gasteiger partial charge in [-0.3, -0.25) is 9.69 Å². The summed E-state index contributed by atoms with van der Waals surface area (Å²) in [6.45, 7) is 2.39. The normalized spacial score (nSPS) is 15.1. The molecule has 0 bridgehead atoms. The molecule has 0 aliphatic carbocycles. The van der Waals surface area contributed by atoms with Gasteiger partial charge in [0.05, 0.1) is 24.9 Å². The minimum atomic E-state index is -4.48. The Balaban J connectivity index is 1.38. The van der Waals surface area contributed by atoms with Gasteiger partial charge in [0.2, 0.25) is 0 Å². The first-order valence-corrected chi connectivity index (χ1v) is 9.96. The van der Waals surface area contributed by atoms with Crippen LogP contribution in [-0.2, 0) is 12.7 Å². The van der Waals surface area contributed by atoms with Crippen molar-refractivity contribution in [3.63, 3.8) is 0 Å². The van der Waals surface area contributed by atoms with E-state index in [0.717, 1.165) is 23.6 Å². The number of tetrazole rings is 1. The smallest absolute Gasteiger partial charge is 0.416 e. The molecule has 1 aromatic heterocycles. The van der Waals surface area contributed by atoms with Crippen molar-refractivity contribution in [3.05, 3.63) is 65.5 Å². The molecule has 0 unspecified atom stereocenters. The van der Waals surface area contributed by atoms with E-state index in [1.54, 1.807) is 16.7 Å². The quantitative estimate of drug-likeness (QED) is 0.600. The van der Waals surface area contributed by atoms with Gasteiger partial charge in [-0.1, -0.05) is 6.07 Å². The average molecular weight is 446 g/mol. The first kappa shape index (κ1) is 21.8. The number of hydrogen-bond donors (Lipinski definition) is 0. The van der Waals surface area contributed by atoms with Crippen molar-refractivity contribution in [2.45, 2.75) is 12.7 Å². The number of amides is 1. The number of piperazine rings is 1. The number of benzene rings is 2. The Morgan fingerprint density at radius 3 is 2.44 bits per heavy atom. The Labute approximate surface area is 182 Å². The van der Waals surface area contributed by atoms with E-state index in [9.17, 15) is 18.0 Å². The molecule has 1 aliphatic heterocycles. The van der Waals surface area contributed by atoms with Gasteiger partial charge in [-0.05, 0) is 52.9 Å². The molecule has 0 saturated carbocycles. The van der Waals surface area contributed by atoms with E-state index in [4.69, 9.17) is 4.74 Å². The zero-order valence-corrected chi connectivity index (χ0v) is 17.3. The van der Waals surface area contributed by atoms with Crippen LogP contribution in [0.15, 0.2) is 48.5 Å². The maximum absolute atomic E-state index is 12.9. The largest absolute Gasteiger partial charge is 0.497 e. The maximum Gasteiger partial charge on any atom is 0.416 e. The molecule has 0 spiro atoms. The fourth-order valence-electron chi connectivity index (χ4n) is 3.55. The lowest BCUT2D eigenvalue weighted by Crippen LogP contribution is -2.48. The first-order valence-electron chi connectivity index (χ1n) is 9.96. The third-order valence-corrected chi connectivity index (χ3v) is 5.31. The van der Waals surface area contributed by atoms with E-state index in [1.165, 1.54) is 12.1 Å². The van der Waals surface area contributed by atoms with Crippen LogP contribution in [-0.4, -0.2) is 69.2 Å². The van der Waals surface area contributed by atoms with Gasteiger partial charge in [0.1, 0.15) is 5.75 Å². The molecule has 0 atom stereocenters. The van der Waals surface area contributed by atoms with Crippen molar-refractivity contribution < 1.29 is 22.7 Å². The SMILES string of the molecule is COc1ccc(-n2nnnc2CN2CCN(C(=O)c3cccc(C(F)(F)F)c3)CC2)cc1. The van der Waals surface area contributed by atoms with E-state index in [-0.39, 0.29) is 5.56 Å². The summed E-state index contributed by atoms with van der Waals surface area (Å²) in [6, 6.07) is 11.9. The molecule has 1 aliphatic rings. The first-order chi connectivity index (χ1) is 15.3. The topological polar surface area (TPSA) is 76.4 Å². The third-order valence-electron chi connectivity index (χ3n) is 5.31. The van der Waals surface area contributed by atoms with Crippen LogP contribution in [0.25, 0.3) is 5.69 Å². The van der Waals surface area contributed by atoms with Crippen molar-refractivity contribution >= 4 is 5.91 Å². The highest BCUT2D eigenvalue weighted by Gasteiger charge is 2.31. The molecule has 32 heavy (non-hydrogen) atoms. The van der Waals surface area contributed by atoms with Crippen molar-refractivity contribution in [2.24, 2.45) is 0 Å². The summed E-state index contributed by atoms with van der Waals surface area (Å²) in [5.74, 6) is 0.969. The number of carbonyl (C=O) groups is 1. The van der Waals surface area contributed by atoms with E-state index in [0.29, 0.717) is 38.5 Å². The Hall–Kier alpha value is -3.47. The lowest BCUT2D eigenvalue weighted by Gasteiger charge is -2.34. The summed E-state index contributed by atoms with van der Waals surface area (Å²) < 4.78 is 45.6. The summed E-state index contributed by atoms with van der Waals surface area (Å²) in [5, 5.41) is 11.9. The number of nitrogens with zero attached hydrogens (tertiary/aromatic N) is 6. The van der Waals surface area contributed by atoms with E-state index in [2.05, 4.69) is 20.4 Å². The minimum Gasteiger partial charge on any atom is -0.497 e. The van der Waals surface area contributed by atoms with Crippen LogP contribution in [0.5, 0.6) is 5.75 Å². The highest BCUT2D eigenvalue weighted by molar-refractivity contribution is 5.94. The van der Waals surface area contributed by atoms with Crippen molar-refractivity contribution in [3.8, 4) is 11.4 Å². The number of rotatable bonds is 5. The minimum absolute atomic E-state index is 0.0386. The van der Waals surface area contributed by atoms with Crippen LogP contribution < -0.4 is 4.74 Å². The summed E-state index contributed by atoms with van der Waals surface area (Å²) in [4.78, 5) is 16.4. The molecular weight excluding hydrogens is 425 g/mol. The van der Waals surface area contributed by atoms with E-state index >= 15 is 0 Å². The zero-order valence-electron chi connectivity index (χ0n) is 17.3. The van der Waals surface area contributed by atoms with Gasteiger partial charge in [-0.2, -0.15) is 17.9 Å². The monoisotopic (exact) mass is 446 g/mol. The standard InChI is InChI=1S/C21H21F3N6O2/c1-32-18-7-5-17(6-8-18)30-19(25-26-27-30)14-28-9-11-29(12-10-28)20(31)15-3-2-4-16(13-15)21(22,23)24/h2-8,13H,9-12,14H2,1H3. The van der Waals surface area contributed by atoms with Crippen molar-refractivity contribution in [1.82, 2.24) is 30.0 Å². The summed E-state index contributed by atoms with van der Waals surface area (Å²) >= 11 is 0. The predicted octanol–water partition coefficient (Wildman–Crippen LogP) is 2.65. The molecule has 3 aromatic rings. The Morgan fingerprint density at radius 2 is 1.78 bits per heavy atom. The summed E-state index contributed by atoms with van der Waals surface area (Å²) in [7, 11) is 1.59. The van der Waals surface area contributed by atoms with E-state index in [1.807, 2.05) is 24.3 Å². The number of methoxy groups -OCH3 is 1. The number of ether oxygens (including phenoxy) is 1. The molecule has 2 heterocycles. The number of aromatic nitrogens is 4. The van der Waals surface area contributed by atoms with Crippen LogP contribution in [0.2, 0.25) is 0 Å². The van der Waals surface area contributed by atoms with Gasteiger partial charge in [0.25, 0.3) is 5.91 Å². The predicted molar refractivity (Wildman–Crippen MR) is 108 cm³/mol. The number of hydrogen-bond acceptors (Lipinski definition) is 6. The van der Waals surface area contributed by atoms with Gasteiger partial charge in [0.15, 0.2) is 5.82 Å². The van der Waals surface area contributed by atoms with Gasteiger partial charge in [-0.15, -0.1) is 5.10 Å². The van der Waals surface area contributed by atoms with Crippen molar-refractivity contribution in [2.75, 3.05) is 33.3 Å². The lowest BCUT2D eigenvalue weighted by atomic mass is 10.1. The molecule has 8 nitrogen and oxygen atoms in total. The molecule has 1 amide bonds. The van der Waals surface area contributed by atoms with Crippen LogP contribution in [0.1, 0.15) is 21.7 Å². The molecule has 168 valence electrons. The number of halogens is 3. The van der Waals surface area contributed by atoms with Crippen LogP contribution >= 0.6 is 0 Å². The van der Waals surface area contributed by atoms with Gasteiger partial charge in [0, 0.05) is 31.7 Å². The second kappa shape index (κ2) is 8.95. The average Bonchev–Trinajstić information content (AvgIpc) is 3.27. The molecule has 1 saturated heterocycles.